The molecule has 0 fully saturated rings. The monoisotopic (exact) mass is 256 g/mol. The SMILES string of the molecule is C=C[C@@H](CCCCN)NC(=O)[C@@H](N)CCCCN. The van der Waals surface area contributed by atoms with Crippen LogP contribution in [-0.4, -0.2) is 31.1 Å². The third kappa shape index (κ3) is 8.22. The summed E-state index contributed by atoms with van der Waals surface area (Å²) in [5.41, 5.74) is 16.6. The lowest BCUT2D eigenvalue weighted by molar-refractivity contribution is -0.123. The molecule has 0 rings (SSSR count). The number of carbonyl (C=O) groups excluding carboxylic acids is 1. The van der Waals surface area contributed by atoms with Gasteiger partial charge in [0.2, 0.25) is 5.91 Å². The molecular formula is C13H28N4O. The zero-order valence-corrected chi connectivity index (χ0v) is 11.2. The van der Waals surface area contributed by atoms with Crippen molar-refractivity contribution < 1.29 is 4.79 Å². The van der Waals surface area contributed by atoms with Gasteiger partial charge in [0, 0.05) is 6.04 Å². The maximum atomic E-state index is 11.8. The Morgan fingerprint density at radius 1 is 1.11 bits per heavy atom. The fraction of sp³-hybridized carbons (Fsp3) is 0.769. The van der Waals surface area contributed by atoms with Crippen molar-refractivity contribution in [2.24, 2.45) is 17.2 Å². The van der Waals surface area contributed by atoms with Crippen molar-refractivity contribution in [3.8, 4) is 0 Å². The zero-order chi connectivity index (χ0) is 13.8. The Morgan fingerprint density at radius 3 is 2.17 bits per heavy atom. The van der Waals surface area contributed by atoms with Gasteiger partial charge in [0.1, 0.15) is 0 Å². The molecule has 1 amide bonds. The molecule has 0 aliphatic carbocycles. The predicted octanol–water partition coefficient (Wildman–Crippen LogP) is 0.243. The van der Waals surface area contributed by atoms with Gasteiger partial charge in [-0.1, -0.05) is 12.5 Å². The van der Waals surface area contributed by atoms with Crippen LogP contribution in [0.3, 0.4) is 0 Å². The summed E-state index contributed by atoms with van der Waals surface area (Å²) in [6.07, 6.45) is 7.02. The third-order valence-electron chi connectivity index (χ3n) is 2.89. The van der Waals surface area contributed by atoms with Crippen molar-refractivity contribution in [3.63, 3.8) is 0 Å². The standard InChI is InChI=1S/C13H28N4O/c1-2-11(7-3-5-9-14)17-13(18)12(16)8-4-6-10-15/h2,11-12H,1,3-10,14-16H2,(H,17,18)/t11-,12-/m0/s1. The van der Waals surface area contributed by atoms with Gasteiger partial charge in [0.25, 0.3) is 0 Å². The smallest absolute Gasteiger partial charge is 0.237 e. The van der Waals surface area contributed by atoms with E-state index >= 15 is 0 Å². The minimum atomic E-state index is -0.450. The van der Waals surface area contributed by atoms with Crippen molar-refractivity contribution in [2.75, 3.05) is 13.1 Å². The minimum Gasteiger partial charge on any atom is -0.349 e. The van der Waals surface area contributed by atoms with Crippen LogP contribution in [0.25, 0.3) is 0 Å². The number of amides is 1. The van der Waals surface area contributed by atoms with Crippen molar-refractivity contribution in [1.82, 2.24) is 5.32 Å². The van der Waals surface area contributed by atoms with Gasteiger partial charge in [-0.3, -0.25) is 4.79 Å². The van der Waals surface area contributed by atoms with Crippen molar-refractivity contribution in [3.05, 3.63) is 12.7 Å². The first-order valence-electron chi connectivity index (χ1n) is 6.74. The van der Waals surface area contributed by atoms with Crippen LogP contribution in [0.2, 0.25) is 0 Å². The molecule has 5 heteroatoms. The van der Waals surface area contributed by atoms with E-state index < -0.39 is 6.04 Å². The number of carbonyl (C=O) groups is 1. The zero-order valence-electron chi connectivity index (χ0n) is 11.2. The summed E-state index contributed by atoms with van der Waals surface area (Å²) in [6.45, 7) is 5.04. The third-order valence-corrected chi connectivity index (χ3v) is 2.89. The van der Waals surface area contributed by atoms with Gasteiger partial charge in [-0.25, -0.2) is 0 Å². The summed E-state index contributed by atoms with van der Waals surface area (Å²) in [6, 6.07) is -0.460. The second-order valence-corrected chi connectivity index (χ2v) is 4.53. The molecule has 18 heavy (non-hydrogen) atoms. The number of rotatable bonds is 11. The fourth-order valence-electron chi connectivity index (χ4n) is 1.69. The van der Waals surface area contributed by atoms with Crippen molar-refractivity contribution in [2.45, 2.75) is 50.6 Å². The first kappa shape index (κ1) is 17.1. The minimum absolute atomic E-state index is 0.00962. The van der Waals surface area contributed by atoms with Gasteiger partial charge in [-0.15, -0.1) is 6.58 Å². The molecule has 0 aromatic carbocycles. The lowest BCUT2D eigenvalue weighted by Gasteiger charge is -2.18. The Morgan fingerprint density at radius 2 is 1.67 bits per heavy atom. The molecule has 0 aromatic heterocycles. The van der Waals surface area contributed by atoms with Gasteiger partial charge >= 0.3 is 0 Å². The Bertz CT molecular complexity index is 233. The summed E-state index contributed by atoms with van der Waals surface area (Å²) >= 11 is 0. The van der Waals surface area contributed by atoms with Crippen molar-refractivity contribution >= 4 is 5.91 Å². The molecular weight excluding hydrogens is 228 g/mol. The Balaban J connectivity index is 3.89. The highest BCUT2D eigenvalue weighted by Crippen LogP contribution is 2.03. The van der Waals surface area contributed by atoms with Crippen LogP contribution in [0.15, 0.2) is 12.7 Å². The van der Waals surface area contributed by atoms with Crippen LogP contribution in [-0.2, 0) is 4.79 Å². The van der Waals surface area contributed by atoms with E-state index in [0.717, 1.165) is 32.1 Å². The van der Waals surface area contributed by atoms with E-state index in [1.807, 2.05) is 0 Å². The molecule has 0 saturated heterocycles. The van der Waals surface area contributed by atoms with Crippen LogP contribution < -0.4 is 22.5 Å². The van der Waals surface area contributed by atoms with E-state index in [1.165, 1.54) is 0 Å². The number of nitrogens with one attached hydrogen (secondary N) is 1. The van der Waals surface area contributed by atoms with Crippen LogP contribution in [0.5, 0.6) is 0 Å². The van der Waals surface area contributed by atoms with Crippen LogP contribution >= 0.6 is 0 Å². The second kappa shape index (κ2) is 11.2. The molecule has 0 saturated carbocycles. The number of hydrogen-bond donors (Lipinski definition) is 4. The first-order valence-corrected chi connectivity index (χ1v) is 6.74. The highest BCUT2D eigenvalue weighted by molar-refractivity contribution is 5.81. The average molecular weight is 256 g/mol. The molecule has 7 N–H and O–H groups in total. The van der Waals surface area contributed by atoms with Gasteiger partial charge < -0.3 is 22.5 Å². The lowest BCUT2D eigenvalue weighted by Crippen LogP contribution is -2.44. The predicted molar refractivity (Wildman–Crippen MR) is 75.9 cm³/mol. The van der Waals surface area contributed by atoms with E-state index in [4.69, 9.17) is 17.2 Å². The number of hydrogen-bond acceptors (Lipinski definition) is 4. The molecule has 5 nitrogen and oxygen atoms in total. The molecule has 0 bridgehead atoms. The Labute approximate surface area is 110 Å². The van der Waals surface area contributed by atoms with Gasteiger partial charge in [-0.05, 0) is 45.2 Å². The van der Waals surface area contributed by atoms with E-state index in [-0.39, 0.29) is 11.9 Å². The molecule has 0 radical (unpaired) electrons. The highest BCUT2D eigenvalue weighted by atomic mass is 16.2. The van der Waals surface area contributed by atoms with Gasteiger partial charge in [-0.2, -0.15) is 0 Å². The first-order chi connectivity index (χ1) is 8.65. The summed E-state index contributed by atoms with van der Waals surface area (Å²) in [5, 5.41) is 2.90. The molecule has 0 aliphatic heterocycles. The van der Waals surface area contributed by atoms with E-state index in [9.17, 15) is 4.79 Å². The average Bonchev–Trinajstić information content (AvgIpc) is 2.37. The molecule has 0 heterocycles. The van der Waals surface area contributed by atoms with Crippen LogP contribution in [0, 0.1) is 0 Å². The number of unbranched alkanes of at least 4 members (excludes halogenated alkanes) is 2. The Hall–Kier alpha value is -0.910. The summed E-state index contributed by atoms with van der Waals surface area (Å²) in [4.78, 5) is 11.8. The summed E-state index contributed by atoms with van der Waals surface area (Å²) in [7, 11) is 0. The molecule has 0 aliphatic rings. The van der Waals surface area contributed by atoms with Crippen LogP contribution in [0.1, 0.15) is 38.5 Å². The molecule has 0 aromatic rings. The quantitative estimate of drug-likeness (QED) is 0.314. The molecule has 0 spiro atoms. The molecule has 0 unspecified atom stereocenters. The number of nitrogens with two attached hydrogens (primary N) is 3. The highest BCUT2D eigenvalue weighted by Gasteiger charge is 2.15. The maximum Gasteiger partial charge on any atom is 0.237 e. The second-order valence-electron chi connectivity index (χ2n) is 4.53. The van der Waals surface area contributed by atoms with E-state index in [0.29, 0.717) is 19.5 Å². The lowest BCUT2D eigenvalue weighted by atomic mass is 10.1. The van der Waals surface area contributed by atoms with Crippen molar-refractivity contribution in [1.29, 1.82) is 0 Å². The van der Waals surface area contributed by atoms with E-state index in [2.05, 4.69) is 11.9 Å². The fourth-order valence-corrected chi connectivity index (χ4v) is 1.69. The van der Waals surface area contributed by atoms with Gasteiger partial charge in [0.15, 0.2) is 0 Å². The van der Waals surface area contributed by atoms with Gasteiger partial charge in [0.05, 0.1) is 6.04 Å². The summed E-state index contributed by atoms with van der Waals surface area (Å²) < 4.78 is 0. The molecule has 2 atom stereocenters. The van der Waals surface area contributed by atoms with E-state index in [1.54, 1.807) is 6.08 Å². The molecule has 106 valence electrons. The normalized spacial score (nSPS) is 13.9. The van der Waals surface area contributed by atoms with Crippen LogP contribution in [0.4, 0.5) is 0 Å². The Kier molecular flexibility index (Phi) is 10.6. The summed E-state index contributed by atoms with van der Waals surface area (Å²) in [5.74, 6) is -0.107. The largest absolute Gasteiger partial charge is 0.349 e. The maximum absolute atomic E-state index is 11.8. The topological polar surface area (TPSA) is 107 Å².